The molecule has 0 radical (unpaired) electrons. The first kappa shape index (κ1) is 29.4. The summed E-state index contributed by atoms with van der Waals surface area (Å²) in [6.07, 6.45) is 1.51. The third kappa shape index (κ3) is 6.28. The highest BCUT2D eigenvalue weighted by Gasteiger charge is 2.43. The van der Waals surface area contributed by atoms with Crippen molar-refractivity contribution < 1.29 is 14.3 Å². The minimum atomic E-state index is -1.30. The first-order valence-corrected chi connectivity index (χ1v) is 13.7. The summed E-state index contributed by atoms with van der Waals surface area (Å²) in [5.74, 6) is -1.04. The lowest BCUT2D eigenvalue weighted by Gasteiger charge is -2.37. The van der Waals surface area contributed by atoms with Gasteiger partial charge in [-0.3, -0.25) is 9.59 Å². The molecule has 6 heteroatoms. The lowest BCUT2D eigenvalue weighted by atomic mass is 9.79. The van der Waals surface area contributed by atoms with E-state index in [-0.39, 0.29) is 24.3 Å². The normalized spacial score (nSPS) is 13.1. The average Bonchev–Trinajstić information content (AvgIpc) is 2.96. The van der Waals surface area contributed by atoms with Crippen molar-refractivity contribution in [3.8, 4) is 0 Å². The molecule has 5 nitrogen and oxygen atoms in total. The Morgan fingerprint density at radius 3 is 1.87 bits per heavy atom. The molecule has 0 saturated heterocycles. The number of esters is 1. The molecule has 0 aromatic heterocycles. The van der Waals surface area contributed by atoms with Crippen LogP contribution >= 0.6 is 11.6 Å². The van der Waals surface area contributed by atoms with Crippen molar-refractivity contribution in [2.45, 2.75) is 51.7 Å². The monoisotopic (exact) mass is 534 g/mol. The van der Waals surface area contributed by atoms with E-state index in [2.05, 4.69) is 0 Å². The zero-order chi connectivity index (χ0) is 27.7. The second-order valence-electron chi connectivity index (χ2n) is 9.79. The molecule has 3 rings (SSSR count). The van der Waals surface area contributed by atoms with Crippen molar-refractivity contribution in [1.82, 2.24) is 4.90 Å². The van der Waals surface area contributed by atoms with Gasteiger partial charge in [-0.25, -0.2) is 0 Å². The Morgan fingerprint density at radius 1 is 0.895 bits per heavy atom. The molecule has 2 N–H and O–H groups in total. The van der Waals surface area contributed by atoms with Crippen LogP contribution in [0, 0.1) is 11.8 Å². The molecule has 0 heterocycles. The van der Waals surface area contributed by atoms with E-state index in [9.17, 15) is 9.59 Å². The molecule has 0 spiro atoms. The van der Waals surface area contributed by atoms with Crippen LogP contribution in [0.4, 0.5) is 0 Å². The number of hydrogen-bond donors (Lipinski definition) is 1. The molecule has 0 saturated carbocycles. The van der Waals surface area contributed by atoms with Gasteiger partial charge >= 0.3 is 5.97 Å². The lowest BCUT2D eigenvalue weighted by Crippen LogP contribution is -2.45. The highest BCUT2D eigenvalue weighted by Crippen LogP contribution is 2.44. The van der Waals surface area contributed by atoms with Crippen molar-refractivity contribution in [1.29, 1.82) is 0 Å². The summed E-state index contributed by atoms with van der Waals surface area (Å²) in [5.41, 5.74) is 6.75. The van der Waals surface area contributed by atoms with Crippen LogP contribution in [0.25, 0.3) is 0 Å². The lowest BCUT2D eigenvalue weighted by molar-refractivity contribution is -0.158. The number of carbonyl (C=O) groups excluding carboxylic acids is 2. The molecule has 3 aromatic rings. The van der Waals surface area contributed by atoms with Gasteiger partial charge in [0.2, 0.25) is 5.91 Å². The van der Waals surface area contributed by atoms with Crippen LogP contribution in [0.15, 0.2) is 84.9 Å². The van der Waals surface area contributed by atoms with Crippen LogP contribution in [0.3, 0.4) is 0 Å². The highest BCUT2D eigenvalue weighted by atomic mass is 35.5. The van der Waals surface area contributed by atoms with E-state index in [1.807, 2.05) is 99.6 Å². The van der Waals surface area contributed by atoms with Crippen molar-refractivity contribution >= 4 is 23.5 Å². The van der Waals surface area contributed by atoms with Crippen LogP contribution in [0.1, 0.15) is 56.7 Å². The summed E-state index contributed by atoms with van der Waals surface area (Å²) in [6, 6.07) is 26.5. The average molecular weight is 535 g/mol. The van der Waals surface area contributed by atoms with E-state index in [4.69, 9.17) is 22.1 Å². The summed E-state index contributed by atoms with van der Waals surface area (Å²) >= 11 is 6.77. The van der Waals surface area contributed by atoms with Gasteiger partial charge < -0.3 is 15.4 Å². The fraction of sp³-hybridized carbons (Fsp3) is 0.375. The van der Waals surface area contributed by atoms with Gasteiger partial charge in [0.15, 0.2) is 5.60 Å². The molecule has 0 unspecified atom stereocenters. The fourth-order valence-electron chi connectivity index (χ4n) is 5.09. The van der Waals surface area contributed by atoms with E-state index >= 15 is 0 Å². The van der Waals surface area contributed by atoms with E-state index in [0.29, 0.717) is 17.1 Å². The zero-order valence-electron chi connectivity index (χ0n) is 22.8. The van der Waals surface area contributed by atoms with Crippen LogP contribution < -0.4 is 5.73 Å². The summed E-state index contributed by atoms with van der Waals surface area (Å²) in [4.78, 5) is 29.2. The maximum absolute atomic E-state index is 13.9. The molecular formula is C32H39ClN2O3. The van der Waals surface area contributed by atoms with Gasteiger partial charge in [0.05, 0.1) is 12.3 Å². The first-order chi connectivity index (χ1) is 18.3. The van der Waals surface area contributed by atoms with E-state index in [1.54, 1.807) is 18.0 Å². The van der Waals surface area contributed by atoms with Gasteiger partial charge in [-0.2, -0.15) is 0 Å². The van der Waals surface area contributed by atoms with Gasteiger partial charge in [-0.05, 0) is 18.9 Å². The van der Waals surface area contributed by atoms with E-state index in [1.165, 1.54) is 0 Å². The van der Waals surface area contributed by atoms with Gasteiger partial charge in [0, 0.05) is 41.3 Å². The predicted octanol–water partition coefficient (Wildman–Crippen LogP) is 6.42. The number of likely N-dealkylation sites (N-methyl/N-ethyl adjacent to an activating group) is 1. The highest BCUT2D eigenvalue weighted by molar-refractivity contribution is 6.31. The van der Waals surface area contributed by atoms with Gasteiger partial charge in [-0.1, -0.05) is 117 Å². The van der Waals surface area contributed by atoms with Crippen LogP contribution in [0.5, 0.6) is 0 Å². The second-order valence-corrected chi connectivity index (χ2v) is 10.2. The van der Waals surface area contributed by atoms with E-state index in [0.717, 1.165) is 24.0 Å². The number of hydrogen-bond acceptors (Lipinski definition) is 4. The van der Waals surface area contributed by atoms with Crippen LogP contribution in [-0.2, 0) is 19.9 Å². The minimum absolute atomic E-state index is 0.0330. The van der Waals surface area contributed by atoms with Gasteiger partial charge in [-0.15, -0.1) is 0 Å². The predicted molar refractivity (Wildman–Crippen MR) is 154 cm³/mol. The topological polar surface area (TPSA) is 72.6 Å². The molecule has 0 aliphatic carbocycles. The molecule has 2 atom stereocenters. The molecule has 0 bridgehead atoms. The Labute approximate surface area is 231 Å². The Morgan fingerprint density at radius 2 is 1.39 bits per heavy atom. The minimum Gasteiger partial charge on any atom is -0.444 e. The maximum Gasteiger partial charge on any atom is 0.308 e. The SMILES string of the molecule is CCC(CC)[C@H](CC(=O)OC(c1ccccc1)(c1ccccc1)c1ccccc1Cl)C(=O)N(C)[C@@H](C)CN. The molecule has 202 valence electrons. The standard InChI is InChI=1S/C32H39ClN2O3/c1-5-24(6-2)27(31(37)35(4)23(3)22-34)21-30(36)38-32(25-15-9-7-10-16-25,26-17-11-8-12-18-26)28-19-13-14-20-29(28)33/h7-20,23-24,27H,5-6,21-22,34H2,1-4H3/t23-,27-/m0/s1. The largest absolute Gasteiger partial charge is 0.444 e. The Bertz CT molecular complexity index is 1140. The molecule has 0 aliphatic heterocycles. The molecule has 0 fully saturated rings. The number of halogens is 1. The Hall–Kier alpha value is -3.15. The summed E-state index contributed by atoms with van der Waals surface area (Å²) in [5, 5.41) is 0.483. The Kier molecular flexibility index (Phi) is 10.5. The van der Waals surface area contributed by atoms with Crippen molar-refractivity contribution in [3.63, 3.8) is 0 Å². The van der Waals surface area contributed by atoms with E-state index < -0.39 is 17.5 Å². The zero-order valence-corrected chi connectivity index (χ0v) is 23.5. The fourth-order valence-corrected chi connectivity index (χ4v) is 5.35. The van der Waals surface area contributed by atoms with Gasteiger partial charge in [0.1, 0.15) is 0 Å². The number of benzene rings is 3. The molecule has 3 aromatic carbocycles. The second kappa shape index (κ2) is 13.6. The Balaban J connectivity index is 2.12. The third-order valence-corrected chi connectivity index (χ3v) is 7.88. The van der Waals surface area contributed by atoms with Crippen LogP contribution in [-0.4, -0.2) is 36.4 Å². The summed E-state index contributed by atoms with van der Waals surface area (Å²) in [7, 11) is 1.75. The number of amides is 1. The quantitative estimate of drug-likeness (QED) is 0.215. The smallest absolute Gasteiger partial charge is 0.308 e. The number of nitrogens with two attached hydrogens (primary N) is 1. The third-order valence-electron chi connectivity index (χ3n) is 7.55. The number of rotatable bonds is 12. The molecule has 38 heavy (non-hydrogen) atoms. The first-order valence-electron chi connectivity index (χ1n) is 13.3. The molecular weight excluding hydrogens is 496 g/mol. The maximum atomic E-state index is 13.9. The van der Waals surface area contributed by atoms with Crippen LogP contribution in [0.2, 0.25) is 5.02 Å². The van der Waals surface area contributed by atoms with Crippen molar-refractivity contribution in [2.24, 2.45) is 17.6 Å². The van der Waals surface area contributed by atoms with Gasteiger partial charge in [0.25, 0.3) is 0 Å². The summed E-state index contributed by atoms with van der Waals surface area (Å²) in [6.45, 7) is 6.36. The number of carbonyl (C=O) groups is 2. The number of nitrogens with zero attached hydrogens (tertiary/aromatic N) is 1. The molecule has 1 amide bonds. The summed E-state index contributed by atoms with van der Waals surface area (Å²) < 4.78 is 6.54. The van der Waals surface area contributed by atoms with Crippen molar-refractivity contribution in [2.75, 3.05) is 13.6 Å². The molecule has 0 aliphatic rings. The van der Waals surface area contributed by atoms with Crippen molar-refractivity contribution in [3.05, 3.63) is 107 Å². The number of ether oxygens (including phenoxy) is 1.